The minimum Gasteiger partial charge on any atom is -0.319 e. The second kappa shape index (κ2) is 10.0. The zero-order chi connectivity index (χ0) is 27.7. The van der Waals surface area contributed by atoms with Gasteiger partial charge in [-0.05, 0) is 28.6 Å². The Labute approximate surface area is 218 Å². The van der Waals surface area contributed by atoms with Crippen molar-refractivity contribution in [1.82, 2.24) is 40.0 Å². The molecular formula is C25H19F4N9O. The lowest BCUT2D eigenvalue weighted by molar-refractivity contribution is -0.137. The van der Waals surface area contributed by atoms with Gasteiger partial charge >= 0.3 is 6.18 Å². The second-order valence-electron chi connectivity index (χ2n) is 8.51. The van der Waals surface area contributed by atoms with Crippen LogP contribution in [0.15, 0.2) is 60.9 Å². The van der Waals surface area contributed by atoms with Crippen LogP contribution in [-0.4, -0.2) is 45.9 Å². The van der Waals surface area contributed by atoms with E-state index in [-0.39, 0.29) is 17.8 Å². The highest BCUT2D eigenvalue weighted by Gasteiger charge is 2.36. The molecule has 0 aliphatic carbocycles. The highest BCUT2D eigenvalue weighted by Crippen LogP contribution is 2.38. The molecule has 3 aromatic heterocycles. The molecule has 0 radical (unpaired) electrons. The minimum atomic E-state index is -4.87. The number of tetrazole rings is 1. The van der Waals surface area contributed by atoms with Crippen molar-refractivity contribution >= 4 is 11.6 Å². The van der Waals surface area contributed by atoms with E-state index in [1.165, 1.54) is 34.9 Å². The molecular weight excluding hydrogens is 518 g/mol. The molecule has 0 aliphatic rings. The Morgan fingerprint density at radius 3 is 2.49 bits per heavy atom. The topological polar surface area (TPSA) is 116 Å². The highest BCUT2D eigenvalue weighted by molar-refractivity contribution is 6.06. The third-order valence-corrected chi connectivity index (χ3v) is 5.80. The van der Waals surface area contributed by atoms with Gasteiger partial charge in [0.05, 0.1) is 40.8 Å². The zero-order valence-corrected chi connectivity index (χ0v) is 20.5. The third kappa shape index (κ3) is 5.35. The van der Waals surface area contributed by atoms with Crippen molar-refractivity contribution in [2.24, 2.45) is 14.1 Å². The average molecular weight is 537 g/mol. The smallest absolute Gasteiger partial charge is 0.319 e. The Hall–Kier alpha value is -5.01. The van der Waals surface area contributed by atoms with Crippen molar-refractivity contribution in [3.63, 3.8) is 0 Å². The average Bonchev–Trinajstić information content (AvgIpc) is 3.52. The molecule has 1 amide bonds. The van der Waals surface area contributed by atoms with Crippen molar-refractivity contribution in [3.05, 3.63) is 89.5 Å². The molecule has 0 saturated heterocycles. The molecule has 0 saturated carbocycles. The summed E-state index contributed by atoms with van der Waals surface area (Å²) in [5.41, 5.74) is -1.26. The number of nitrogens with zero attached hydrogens (tertiary/aromatic N) is 8. The van der Waals surface area contributed by atoms with Gasteiger partial charge in [0.25, 0.3) is 5.91 Å². The van der Waals surface area contributed by atoms with Gasteiger partial charge in [0, 0.05) is 31.4 Å². The third-order valence-electron chi connectivity index (χ3n) is 5.80. The number of aryl methyl sites for hydroxylation is 2. The summed E-state index contributed by atoms with van der Waals surface area (Å²) in [6, 6.07) is 11.3. The number of amides is 1. The Balaban J connectivity index is 1.54. The number of benzene rings is 2. The Bertz CT molecular complexity index is 1660. The summed E-state index contributed by atoms with van der Waals surface area (Å²) in [5.74, 6) is -1.47. The van der Waals surface area contributed by atoms with Crippen molar-refractivity contribution in [3.8, 4) is 22.5 Å². The number of carbonyl (C=O) groups excluding carboxylic acids is 1. The first-order valence-electron chi connectivity index (χ1n) is 11.4. The molecule has 0 aliphatic heterocycles. The number of rotatable bonds is 6. The molecule has 0 spiro atoms. The number of halogens is 4. The van der Waals surface area contributed by atoms with Gasteiger partial charge < -0.3 is 5.32 Å². The number of hydrogen-bond donors (Lipinski definition) is 1. The second-order valence-corrected chi connectivity index (χ2v) is 8.51. The number of nitrogens with one attached hydrogen (secondary N) is 1. The lowest BCUT2D eigenvalue weighted by atomic mass is 9.99. The Kier molecular flexibility index (Phi) is 6.60. The maximum absolute atomic E-state index is 14.9. The van der Waals surface area contributed by atoms with E-state index in [9.17, 15) is 22.4 Å². The molecule has 0 unspecified atom stereocenters. The standard InChI is InChI=1S/C25H19F4N9O/c1-37-9-8-19(34-37)15-10-16(18(26)11-17(15)25(27,28)29)24(39)31-20-13-30-21(12-22-33-35-36-38(22)2)32-23(20)14-6-4-3-5-7-14/h3-11,13H,12H2,1-2H3,(H,31,39). The normalized spacial score (nSPS) is 11.5. The highest BCUT2D eigenvalue weighted by atomic mass is 19.4. The van der Waals surface area contributed by atoms with E-state index in [0.717, 1.165) is 6.07 Å². The summed E-state index contributed by atoms with van der Waals surface area (Å²) in [4.78, 5) is 22.0. The van der Waals surface area contributed by atoms with Crippen LogP contribution >= 0.6 is 0 Å². The van der Waals surface area contributed by atoms with Gasteiger partial charge in [-0.1, -0.05) is 30.3 Å². The van der Waals surface area contributed by atoms with Crippen LogP contribution in [0.4, 0.5) is 23.2 Å². The van der Waals surface area contributed by atoms with Crippen molar-refractivity contribution in [1.29, 1.82) is 0 Å². The quantitative estimate of drug-likeness (QED) is 0.325. The van der Waals surface area contributed by atoms with Crippen LogP contribution in [0, 0.1) is 5.82 Å². The van der Waals surface area contributed by atoms with Gasteiger partial charge in [0.15, 0.2) is 5.82 Å². The molecule has 14 heteroatoms. The van der Waals surface area contributed by atoms with Gasteiger partial charge in [0.1, 0.15) is 11.6 Å². The zero-order valence-electron chi connectivity index (χ0n) is 20.5. The molecule has 0 fully saturated rings. The van der Waals surface area contributed by atoms with Crippen molar-refractivity contribution < 1.29 is 22.4 Å². The molecule has 5 aromatic rings. The number of aromatic nitrogens is 8. The maximum atomic E-state index is 14.9. The first-order valence-corrected chi connectivity index (χ1v) is 11.4. The van der Waals surface area contributed by atoms with Crippen LogP contribution in [0.1, 0.15) is 27.6 Å². The van der Waals surface area contributed by atoms with E-state index in [1.54, 1.807) is 37.4 Å². The predicted octanol–water partition coefficient (Wildman–Crippen LogP) is 4.07. The SMILES string of the molecule is Cn1ccc(-c2cc(C(=O)Nc3cnc(Cc4nnnn4C)nc3-c3ccccc3)c(F)cc2C(F)(F)F)n1. The van der Waals surface area contributed by atoms with Gasteiger partial charge in [-0.25, -0.2) is 19.0 Å². The summed E-state index contributed by atoms with van der Waals surface area (Å²) in [5, 5.41) is 17.8. The Morgan fingerprint density at radius 2 is 1.85 bits per heavy atom. The largest absolute Gasteiger partial charge is 0.417 e. The molecule has 5 rings (SSSR count). The molecule has 39 heavy (non-hydrogen) atoms. The van der Waals surface area contributed by atoms with Crippen LogP contribution in [-0.2, 0) is 26.7 Å². The van der Waals surface area contributed by atoms with Gasteiger partial charge in [-0.2, -0.15) is 18.3 Å². The number of carbonyl (C=O) groups is 1. The van der Waals surface area contributed by atoms with E-state index in [1.807, 2.05) is 0 Å². The number of hydrogen-bond acceptors (Lipinski definition) is 7. The monoisotopic (exact) mass is 537 g/mol. The van der Waals surface area contributed by atoms with Crippen LogP contribution in [0.25, 0.3) is 22.5 Å². The van der Waals surface area contributed by atoms with Gasteiger partial charge in [-0.3, -0.25) is 9.48 Å². The fraction of sp³-hybridized carbons (Fsp3) is 0.160. The lowest BCUT2D eigenvalue weighted by Gasteiger charge is -2.15. The summed E-state index contributed by atoms with van der Waals surface area (Å²) in [6.07, 6.45) is -1.89. The fourth-order valence-corrected chi connectivity index (χ4v) is 3.89. The van der Waals surface area contributed by atoms with E-state index in [0.29, 0.717) is 29.0 Å². The van der Waals surface area contributed by atoms with Crippen LogP contribution in [0.2, 0.25) is 0 Å². The Morgan fingerprint density at radius 1 is 1.08 bits per heavy atom. The van der Waals surface area contributed by atoms with Gasteiger partial charge in [0.2, 0.25) is 0 Å². The molecule has 198 valence electrons. The molecule has 0 bridgehead atoms. The van der Waals surface area contributed by atoms with E-state index < -0.39 is 34.6 Å². The van der Waals surface area contributed by atoms with Gasteiger partial charge in [-0.15, -0.1) is 5.10 Å². The predicted molar refractivity (Wildman–Crippen MR) is 131 cm³/mol. The summed E-state index contributed by atoms with van der Waals surface area (Å²) < 4.78 is 58.8. The lowest BCUT2D eigenvalue weighted by Crippen LogP contribution is -2.18. The fourth-order valence-electron chi connectivity index (χ4n) is 3.89. The van der Waals surface area contributed by atoms with Crippen molar-refractivity contribution in [2.45, 2.75) is 12.6 Å². The van der Waals surface area contributed by atoms with Crippen molar-refractivity contribution in [2.75, 3.05) is 5.32 Å². The minimum absolute atomic E-state index is 0.0604. The molecule has 0 atom stereocenters. The molecule has 1 N–H and O–H groups in total. The van der Waals surface area contributed by atoms with E-state index >= 15 is 0 Å². The summed E-state index contributed by atoms with van der Waals surface area (Å²) >= 11 is 0. The molecule has 3 heterocycles. The summed E-state index contributed by atoms with van der Waals surface area (Å²) in [6.45, 7) is 0. The molecule has 2 aromatic carbocycles. The number of anilines is 1. The van der Waals surface area contributed by atoms with Crippen LogP contribution in [0.3, 0.4) is 0 Å². The van der Waals surface area contributed by atoms with Crippen LogP contribution in [0.5, 0.6) is 0 Å². The first kappa shape index (κ1) is 25.6. The van der Waals surface area contributed by atoms with E-state index in [4.69, 9.17) is 0 Å². The van der Waals surface area contributed by atoms with Crippen LogP contribution < -0.4 is 5.32 Å². The maximum Gasteiger partial charge on any atom is 0.417 e. The summed E-state index contributed by atoms with van der Waals surface area (Å²) in [7, 11) is 3.20. The molecule has 10 nitrogen and oxygen atoms in total. The number of alkyl halides is 3. The van der Waals surface area contributed by atoms with E-state index in [2.05, 4.69) is 35.9 Å². The first-order chi connectivity index (χ1) is 18.6.